The maximum atomic E-state index is 13.4. The summed E-state index contributed by atoms with van der Waals surface area (Å²) in [6.07, 6.45) is 0.546. The second-order valence-electron chi connectivity index (χ2n) is 11.1. The molecule has 13 heteroatoms. The van der Waals surface area contributed by atoms with Gasteiger partial charge >= 0.3 is 6.16 Å². The molecule has 5 rings (SSSR count). The van der Waals surface area contributed by atoms with Crippen molar-refractivity contribution in [3.8, 4) is 11.1 Å². The number of nitrogens with one attached hydrogen (secondary N) is 1. The van der Waals surface area contributed by atoms with Crippen molar-refractivity contribution in [3.63, 3.8) is 0 Å². The first kappa shape index (κ1) is 34.6. The van der Waals surface area contributed by atoms with Gasteiger partial charge in [0, 0.05) is 57.4 Å². The van der Waals surface area contributed by atoms with Crippen LogP contribution in [0, 0.1) is 0 Å². The van der Waals surface area contributed by atoms with Gasteiger partial charge in [-0.3, -0.25) is 14.4 Å². The van der Waals surface area contributed by atoms with E-state index in [0.29, 0.717) is 87.6 Å². The maximum absolute atomic E-state index is 13.4. The molecule has 4 aromatic rings. The monoisotopic (exact) mass is 660 g/mol. The summed E-state index contributed by atoms with van der Waals surface area (Å²) >= 11 is 0. The molecule has 1 heterocycles. The van der Waals surface area contributed by atoms with E-state index in [1.54, 1.807) is 56.7 Å². The van der Waals surface area contributed by atoms with Gasteiger partial charge in [-0.15, -0.1) is 5.10 Å². The Kier molecular flexibility index (Phi) is 12.6. The van der Waals surface area contributed by atoms with Crippen LogP contribution in [0.3, 0.4) is 0 Å². The number of rotatable bonds is 19. The van der Waals surface area contributed by atoms with E-state index in [9.17, 15) is 14.4 Å². The average molecular weight is 661 g/mol. The van der Waals surface area contributed by atoms with Crippen LogP contribution in [0.2, 0.25) is 0 Å². The molecular formula is C35H40N4O9. The third-order valence-corrected chi connectivity index (χ3v) is 7.89. The van der Waals surface area contributed by atoms with Crippen LogP contribution in [0.25, 0.3) is 22.2 Å². The molecule has 1 aliphatic rings. The van der Waals surface area contributed by atoms with E-state index in [-0.39, 0.29) is 18.3 Å². The predicted octanol–water partition coefficient (Wildman–Crippen LogP) is 4.22. The zero-order chi connectivity index (χ0) is 33.7. The first-order chi connectivity index (χ1) is 23.5. The number of para-hydroxylation sites is 1. The van der Waals surface area contributed by atoms with Gasteiger partial charge in [0.15, 0.2) is 5.78 Å². The number of Topliss-reactive ketones (excluding diaryl/α,β-unsaturated/α-hetero) is 1. The van der Waals surface area contributed by atoms with Crippen LogP contribution in [0.4, 0.5) is 4.79 Å². The lowest BCUT2D eigenvalue weighted by molar-refractivity contribution is 0.0379. The lowest BCUT2D eigenvalue weighted by Gasteiger charge is -2.15. The molecule has 254 valence electrons. The summed E-state index contributed by atoms with van der Waals surface area (Å²) in [5, 5.41) is 10.8. The number of ketones is 1. The largest absolute Gasteiger partial charge is 0.535 e. The van der Waals surface area contributed by atoms with Crippen LogP contribution in [0.1, 0.15) is 57.0 Å². The molecule has 0 saturated carbocycles. The Labute approximate surface area is 278 Å². The summed E-state index contributed by atoms with van der Waals surface area (Å²) in [5.41, 5.74) is 5.19. The van der Waals surface area contributed by atoms with Crippen molar-refractivity contribution in [1.82, 2.24) is 20.5 Å². The van der Waals surface area contributed by atoms with Crippen molar-refractivity contribution in [3.05, 3.63) is 82.9 Å². The van der Waals surface area contributed by atoms with Crippen LogP contribution in [0.5, 0.6) is 0 Å². The standard InChI is InChI=1S/C35H40N4O9/c1-43-18-20-45-16-6-12-32(40)24-13-14-26-28(22-24)29(23-47-35(42)48-39-31-11-4-3-10-30(31)37-38-39)25-8-5-9-27(33(25)26)34(41)36-15-7-17-46-21-19-44-2/h3-5,8-11,13-14,22,29H,6-7,12,15-21,23H2,1-2H3,(H,36,41). The first-order valence-electron chi connectivity index (χ1n) is 15.9. The fourth-order valence-electron chi connectivity index (χ4n) is 5.55. The van der Waals surface area contributed by atoms with Crippen molar-refractivity contribution in [2.45, 2.75) is 25.2 Å². The fourth-order valence-corrected chi connectivity index (χ4v) is 5.55. The Morgan fingerprint density at radius 1 is 0.833 bits per heavy atom. The second kappa shape index (κ2) is 17.5. The number of carbonyl (C=O) groups is 3. The van der Waals surface area contributed by atoms with Crippen LogP contribution in [-0.2, 0) is 23.7 Å². The molecule has 0 radical (unpaired) electrons. The number of benzene rings is 3. The highest BCUT2D eigenvalue weighted by Crippen LogP contribution is 2.47. The first-order valence-corrected chi connectivity index (χ1v) is 15.9. The van der Waals surface area contributed by atoms with Gasteiger partial charge in [-0.05, 0) is 64.6 Å². The van der Waals surface area contributed by atoms with Gasteiger partial charge in [-0.1, -0.05) is 41.2 Å². The van der Waals surface area contributed by atoms with E-state index in [2.05, 4.69) is 15.6 Å². The number of ether oxygens (including phenoxy) is 5. The third kappa shape index (κ3) is 8.61. The van der Waals surface area contributed by atoms with Gasteiger partial charge < -0.3 is 29.0 Å². The van der Waals surface area contributed by atoms with E-state index >= 15 is 0 Å². The topological polar surface area (TPSA) is 149 Å². The SMILES string of the molecule is COCCOCCCNC(=O)c1cccc2c1-c1ccc(C(=O)CCCOCCOC)cc1C2COC(=O)On1nnc2ccccc21. The minimum atomic E-state index is -0.969. The van der Waals surface area contributed by atoms with Crippen molar-refractivity contribution < 1.29 is 42.9 Å². The lowest BCUT2D eigenvalue weighted by atomic mass is 9.95. The highest BCUT2D eigenvalue weighted by molar-refractivity contribution is 6.04. The number of aromatic nitrogens is 3. The minimum Gasteiger partial charge on any atom is -0.432 e. The zero-order valence-corrected chi connectivity index (χ0v) is 27.1. The van der Waals surface area contributed by atoms with E-state index in [0.717, 1.165) is 27.1 Å². The smallest absolute Gasteiger partial charge is 0.432 e. The van der Waals surface area contributed by atoms with E-state index in [1.807, 2.05) is 18.2 Å². The highest BCUT2D eigenvalue weighted by atomic mass is 16.8. The molecular weight excluding hydrogens is 620 g/mol. The quantitative estimate of drug-likeness (QED) is 0.0667. The van der Waals surface area contributed by atoms with Crippen molar-refractivity contribution in [1.29, 1.82) is 0 Å². The number of carbonyl (C=O) groups excluding carboxylic acids is 3. The fraction of sp³-hybridized carbons (Fsp3) is 0.400. The van der Waals surface area contributed by atoms with Gasteiger partial charge in [-0.25, -0.2) is 4.79 Å². The number of methoxy groups -OCH3 is 2. The molecule has 0 aliphatic heterocycles. The number of nitrogens with zero attached hydrogens (tertiary/aromatic N) is 3. The van der Waals surface area contributed by atoms with E-state index in [4.69, 9.17) is 28.5 Å². The molecule has 1 unspecified atom stereocenters. The van der Waals surface area contributed by atoms with Crippen LogP contribution >= 0.6 is 0 Å². The Morgan fingerprint density at radius 3 is 2.40 bits per heavy atom. The van der Waals surface area contributed by atoms with Crippen molar-refractivity contribution in [2.75, 3.05) is 67.0 Å². The maximum Gasteiger partial charge on any atom is 0.535 e. The van der Waals surface area contributed by atoms with Gasteiger partial charge in [0.25, 0.3) is 5.91 Å². The number of hydrogen-bond acceptors (Lipinski definition) is 11. The summed E-state index contributed by atoms with van der Waals surface area (Å²) in [4.78, 5) is 45.8. The lowest BCUT2D eigenvalue weighted by Crippen LogP contribution is -2.26. The Morgan fingerprint density at radius 2 is 1.60 bits per heavy atom. The Hall–Kier alpha value is -4.69. The molecule has 13 nitrogen and oxygen atoms in total. The highest BCUT2D eigenvalue weighted by Gasteiger charge is 2.34. The van der Waals surface area contributed by atoms with Crippen molar-refractivity contribution >= 4 is 28.9 Å². The van der Waals surface area contributed by atoms with E-state index < -0.39 is 12.1 Å². The number of amides is 1. The van der Waals surface area contributed by atoms with Crippen LogP contribution in [0.15, 0.2) is 60.7 Å². The van der Waals surface area contributed by atoms with E-state index in [1.165, 1.54) is 0 Å². The second-order valence-corrected chi connectivity index (χ2v) is 11.1. The molecule has 1 atom stereocenters. The summed E-state index contributed by atoms with van der Waals surface area (Å²) < 4.78 is 26.6. The van der Waals surface area contributed by atoms with Crippen LogP contribution in [-0.4, -0.2) is 100 Å². The van der Waals surface area contributed by atoms with Gasteiger partial charge in [-0.2, -0.15) is 0 Å². The molecule has 1 N–H and O–H groups in total. The van der Waals surface area contributed by atoms with Gasteiger partial charge in [0.05, 0.1) is 26.4 Å². The Bertz CT molecular complexity index is 1710. The third-order valence-electron chi connectivity index (χ3n) is 7.89. The molecule has 1 amide bonds. The summed E-state index contributed by atoms with van der Waals surface area (Å²) in [6, 6.07) is 18.0. The average Bonchev–Trinajstić information content (AvgIpc) is 3.66. The molecule has 1 aliphatic carbocycles. The predicted molar refractivity (Wildman–Crippen MR) is 175 cm³/mol. The van der Waals surface area contributed by atoms with Gasteiger partial charge in [0.2, 0.25) is 0 Å². The summed E-state index contributed by atoms with van der Waals surface area (Å²) in [7, 11) is 3.22. The molecule has 0 bridgehead atoms. The van der Waals surface area contributed by atoms with Gasteiger partial charge in [0.1, 0.15) is 17.6 Å². The number of fused-ring (bicyclic) bond motifs is 4. The zero-order valence-electron chi connectivity index (χ0n) is 27.1. The van der Waals surface area contributed by atoms with Crippen LogP contribution < -0.4 is 10.2 Å². The molecule has 0 spiro atoms. The Balaban J connectivity index is 1.33. The molecule has 3 aromatic carbocycles. The van der Waals surface area contributed by atoms with Crippen molar-refractivity contribution in [2.24, 2.45) is 0 Å². The normalized spacial score (nSPS) is 13.2. The minimum absolute atomic E-state index is 0.0353. The molecule has 1 aromatic heterocycles. The number of hydrogen-bond donors (Lipinski definition) is 1. The molecule has 48 heavy (non-hydrogen) atoms. The summed E-state index contributed by atoms with van der Waals surface area (Å²) in [5.74, 6) is -0.726. The summed E-state index contributed by atoms with van der Waals surface area (Å²) in [6.45, 7) is 3.25. The molecule has 0 fully saturated rings. The molecule has 0 saturated heterocycles.